The summed E-state index contributed by atoms with van der Waals surface area (Å²) in [5, 5.41) is 9.86. The van der Waals surface area contributed by atoms with E-state index in [0.717, 1.165) is 17.7 Å². The first kappa shape index (κ1) is 14.0. The number of hydrogen-bond donors (Lipinski definition) is 2. The van der Waals surface area contributed by atoms with Gasteiger partial charge in [-0.05, 0) is 31.9 Å². The van der Waals surface area contributed by atoms with Crippen LogP contribution >= 0.6 is 0 Å². The number of nitrogens with two attached hydrogens (primary N) is 1. The second-order valence-electron chi connectivity index (χ2n) is 5.24. The minimum atomic E-state index is -0.710. The van der Waals surface area contributed by atoms with E-state index in [0.29, 0.717) is 6.54 Å². The maximum atomic E-state index is 9.86. The Morgan fingerprint density at radius 1 is 1.35 bits per heavy atom. The van der Waals surface area contributed by atoms with Crippen molar-refractivity contribution in [2.75, 3.05) is 18.5 Å². The number of aliphatic hydroxyl groups is 1. The van der Waals surface area contributed by atoms with E-state index in [1.165, 1.54) is 0 Å². The fourth-order valence-corrected chi connectivity index (χ4v) is 2.03. The molecule has 1 rings (SSSR count). The van der Waals surface area contributed by atoms with Gasteiger partial charge in [0.1, 0.15) is 0 Å². The lowest BCUT2D eigenvalue weighted by Crippen LogP contribution is -2.37. The van der Waals surface area contributed by atoms with Gasteiger partial charge >= 0.3 is 0 Å². The molecule has 0 amide bonds. The average molecular weight is 236 g/mol. The highest BCUT2D eigenvalue weighted by atomic mass is 16.3. The molecule has 0 heterocycles. The number of likely N-dealkylation sites (N-methyl/N-ethyl adjacent to an activating group) is 1. The van der Waals surface area contributed by atoms with E-state index in [2.05, 4.69) is 24.0 Å². The van der Waals surface area contributed by atoms with Gasteiger partial charge in [0.05, 0.1) is 5.60 Å². The Bertz CT molecular complexity index is 357. The zero-order valence-corrected chi connectivity index (χ0v) is 11.3. The average Bonchev–Trinajstić information content (AvgIpc) is 2.25. The van der Waals surface area contributed by atoms with Gasteiger partial charge in [0.15, 0.2) is 0 Å². The number of rotatable bonds is 5. The van der Waals surface area contributed by atoms with Gasteiger partial charge in [0.25, 0.3) is 0 Å². The first-order valence-corrected chi connectivity index (χ1v) is 6.13. The molecule has 3 N–H and O–H groups in total. The zero-order chi connectivity index (χ0) is 13.1. The Labute approximate surface area is 104 Å². The van der Waals surface area contributed by atoms with Crippen LogP contribution in [0.25, 0.3) is 0 Å². The molecule has 0 aromatic heterocycles. The van der Waals surface area contributed by atoms with E-state index >= 15 is 0 Å². The lowest BCUT2D eigenvalue weighted by atomic mass is 10.0. The molecule has 1 aromatic rings. The van der Waals surface area contributed by atoms with Crippen molar-refractivity contribution in [1.82, 2.24) is 0 Å². The standard InChI is InChI=1S/C14H24N2O/c1-5-12(15)11-8-6-7-9-13(11)16(4)10-14(2,3)17/h6-9,12,17H,5,10,15H2,1-4H3/t12-/m1/s1. The Morgan fingerprint density at radius 2 is 1.94 bits per heavy atom. The topological polar surface area (TPSA) is 49.5 Å². The summed E-state index contributed by atoms with van der Waals surface area (Å²) in [6.07, 6.45) is 0.910. The largest absolute Gasteiger partial charge is 0.389 e. The fraction of sp³-hybridized carbons (Fsp3) is 0.571. The Kier molecular flexibility index (Phi) is 4.54. The van der Waals surface area contributed by atoms with Crippen LogP contribution in [0.1, 0.15) is 38.8 Å². The molecule has 0 saturated carbocycles. The van der Waals surface area contributed by atoms with Crippen LogP contribution in [0.4, 0.5) is 5.69 Å². The Hall–Kier alpha value is -1.06. The molecule has 17 heavy (non-hydrogen) atoms. The summed E-state index contributed by atoms with van der Waals surface area (Å²) in [5.74, 6) is 0. The van der Waals surface area contributed by atoms with Crippen LogP contribution in [0.3, 0.4) is 0 Å². The van der Waals surface area contributed by atoms with Crippen molar-refractivity contribution in [3.05, 3.63) is 29.8 Å². The summed E-state index contributed by atoms with van der Waals surface area (Å²) >= 11 is 0. The smallest absolute Gasteiger partial charge is 0.0765 e. The second kappa shape index (κ2) is 5.52. The van der Waals surface area contributed by atoms with E-state index < -0.39 is 5.60 Å². The highest BCUT2D eigenvalue weighted by molar-refractivity contribution is 5.54. The van der Waals surface area contributed by atoms with Gasteiger partial charge in [-0.3, -0.25) is 0 Å². The first-order valence-electron chi connectivity index (χ1n) is 6.13. The third-order valence-corrected chi connectivity index (χ3v) is 2.81. The maximum Gasteiger partial charge on any atom is 0.0765 e. The molecule has 0 radical (unpaired) electrons. The molecular weight excluding hydrogens is 212 g/mol. The quantitative estimate of drug-likeness (QED) is 0.824. The zero-order valence-electron chi connectivity index (χ0n) is 11.3. The fourth-order valence-electron chi connectivity index (χ4n) is 2.03. The van der Waals surface area contributed by atoms with Crippen molar-refractivity contribution in [2.45, 2.75) is 38.8 Å². The van der Waals surface area contributed by atoms with Crippen molar-refractivity contribution in [3.63, 3.8) is 0 Å². The highest BCUT2D eigenvalue weighted by Crippen LogP contribution is 2.26. The van der Waals surface area contributed by atoms with Gasteiger partial charge in [0.2, 0.25) is 0 Å². The molecule has 0 fully saturated rings. The molecule has 1 aromatic carbocycles. The van der Waals surface area contributed by atoms with Crippen LogP contribution in [0, 0.1) is 0 Å². The minimum absolute atomic E-state index is 0.0513. The summed E-state index contributed by atoms with van der Waals surface area (Å²) < 4.78 is 0. The number of hydrogen-bond acceptors (Lipinski definition) is 3. The van der Waals surface area contributed by atoms with E-state index in [4.69, 9.17) is 5.73 Å². The number of para-hydroxylation sites is 1. The molecule has 0 aliphatic rings. The van der Waals surface area contributed by atoms with E-state index in [9.17, 15) is 5.11 Å². The Morgan fingerprint density at radius 3 is 2.47 bits per heavy atom. The summed E-state index contributed by atoms with van der Waals surface area (Å²) in [6, 6.07) is 8.17. The molecule has 0 spiro atoms. The molecule has 96 valence electrons. The molecular formula is C14H24N2O. The van der Waals surface area contributed by atoms with Gasteiger partial charge in [-0.2, -0.15) is 0 Å². The second-order valence-corrected chi connectivity index (χ2v) is 5.24. The van der Waals surface area contributed by atoms with Crippen molar-refractivity contribution in [1.29, 1.82) is 0 Å². The molecule has 3 nitrogen and oxygen atoms in total. The predicted molar refractivity (Wildman–Crippen MR) is 73.2 cm³/mol. The number of nitrogens with zero attached hydrogens (tertiary/aromatic N) is 1. The third kappa shape index (κ3) is 4.02. The lowest BCUT2D eigenvalue weighted by Gasteiger charge is -2.30. The van der Waals surface area contributed by atoms with Gasteiger partial charge in [0, 0.05) is 25.3 Å². The van der Waals surface area contributed by atoms with Crippen molar-refractivity contribution in [3.8, 4) is 0 Å². The van der Waals surface area contributed by atoms with Crippen LogP contribution in [0.2, 0.25) is 0 Å². The molecule has 0 unspecified atom stereocenters. The maximum absolute atomic E-state index is 9.86. The van der Waals surface area contributed by atoms with Gasteiger partial charge < -0.3 is 15.7 Å². The molecule has 0 bridgehead atoms. The molecule has 1 atom stereocenters. The molecule has 3 heteroatoms. The monoisotopic (exact) mass is 236 g/mol. The number of benzene rings is 1. The first-order chi connectivity index (χ1) is 7.85. The Balaban J connectivity index is 2.97. The normalized spacial score (nSPS) is 13.5. The predicted octanol–water partition coefficient (Wildman–Crippen LogP) is 2.30. The molecule has 0 aliphatic carbocycles. The third-order valence-electron chi connectivity index (χ3n) is 2.81. The van der Waals surface area contributed by atoms with Gasteiger partial charge in [-0.1, -0.05) is 25.1 Å². The summed E-state index contributed by atoms with van der Waals surface area (Å²) in [7, 11) is 1.99. The summed E-state index contributed by atoms with van der Waals surface area (Å²) in [6.45, 7) is 6.29. The minimum Gasteiger partial charge on any atom is -0.389 e. The van der Waals surface area contributed by atoms with Crippen LogP contribution < -0.4 is 10.6 Å². The van der Waals surface area contributed by atoms with Crippen LogP contribution in [-0.2, 0) is 0 Å². The highest BCUT2D eigenvalue weighted by Gasteiger charge is 2.18. The molecule has 0 saturated heterocycles. The SMILES string of the molecule is CC[C@@H](N)c1ccccc1N(C)CC(C)(C)O. The lowest BCUT2D eigenvalue weighted by molar-refractivity contribution is 0.0886. The van der Waals surface area contributed by atoms with Crippen molar-refractivity contribution >= 4 is 5.69 Å². The van der Waals surface area contributed by atoms with Crippen molar-refractivity contribution in [2.24, 2.45) is 5.73 Å². The summed E-state index contributed by atoms with van der Waals surface area (Å²) in [4.78, 5) is 2.06. The summed E-state index contributed by atoms with van der Waals surface area (Å²) in [5.41, 5.74) is 7.64. The van der Waals surface area contributed by atoms with Crippen LogP contribution in [-0.4, -0.2) is 24.3 Å². The van der Waals surface area contributed by atoms with E-state index in [1.807, 2.05) is 33.0 Å². The van der Waals surface area contributed by atoms with Gasteiger partial charge in [-0.25, -0.2) is 0 Å². The van der Waals surface area contributed by atoms with Crippen molar-refractivity contribution < 1.29 is 5.11 Å². The van der Waals surface area contributed by atoms with Gasteiger partial charge in [-0.15, -0.1) is 0 Å². The van der Waals surface area contributed by atoms with E-state index in [1.54, 1.807) is 0 Å². The number of anilines is 1. The van der Waals surface area contributed by atoms with E-state index in [-0.39, 0.29) is 6.04 Å². The van der Waals surface area contributed by atoms with Crippen LogP contribution in [0.5, 0.6) is 0 Å². The van der Waals surface area contributed by atoms with Crippen LogP contribution in [0.15, 0.2) is 24.3 Å². The molecule has 0 aliphatic heterocycles.